The number of hydrogen-bond donors (Lipinski definition) is 1. The van der Waals surface area contributed by atoms with Gasteiger partial charge in [0.2, 0.25) is 0 Å². The Hall–Kier alpha value is -3.12. The molecule has 0 unspecified atom stereocenters. The summed E-state index contributed by atoms with van der Waals surface area (Å²) in [6.45, 7) is 0. The van der Waals surface area contributed by atoms with E-state index < -0.39 is 10.0 Å². The fourth-order valence-electron chi connectivity index (χ4n) is 3.88. The lowest BCUT2D eigenvalue weighted by Crippen LogP contribution is -2.31. The Morgan fingerprint density at radius 2 is 1.70 bits per heavy atom. The zero-order chi connectivity index (χ0) is 21.1. The lowest BCUT2D eigenvalue weighted by molar-refractivity contribution is 0.0932. The predicted octanol–water partition coefficient (Wildman–Crippen LogP) is 4.32. The van der Waals surface area contributed by atoms with E-state index in [1.54, 1.807) is 36.4 Å². The Balaban J connectivity index is 1.57. The first kappa shape index (κ1) is 20.2. The van der Waals surface area contributed by atoms with Crippen molar-refractivity contribution in [1.82, 2.24) is 5.32 Å². The Morgan fingerprint density at radius 1 is 0.967 bits per heavy atom. The first-order valence-corrected chi connectivity index (χ1v) is 11.4. The average Bonchev–Trinajstić information content (AvgIpc) is 2.79. The second kappa shape index (κ2) is 8.32. The number of rotatable bonds is 5. The molecule has 3 aromatic carbocycles. The molecule has 0 bridgehead atoms. The van der Waals surface area contributed by atoms with Gasteiger partial charge in [0, 0.05) is 12.6 Å². The molecule has 0 aliphatic heterocycles. The van der Waals surface area contributed by atoms with Crippen LogP contribution >= 0.6 is 0 Å². The van der Waals surface area contributed by atoms with Crippen LogP contribution in [-0.2, 0) is 16.4 Å². The van der Waals surface area contributed by atoms with Gasteiger partial charge in [0.15, 0.2) is 0 Å². The van der Waals surface area contributed by atoms with Crippen LogP contribution in [0.5, 0.6) is 0 Å². The van der Waals surface area contributed by atoms with Crippen LogP contribution in [0.3, 0.4) is 0 Å². The van der Waals surface area contributed by atoms with Gasteiger partial charge in [-0.3, -0.25) is 9.10 Å². The summed E-state index contributed by atoms with van der Waals surface area (Å²) in [5.74, 6) is -0.267. The third kappa shape index (κ3) is 3.96. The second-order valence-corrected chi connectivity index (χ2v) is 9.42. The molecular formula is C24H24N2O3S. The summed E-state index contributed by atoms with van der Waals surface area (Å²) in [7, 11) is -2.27. The topological polar surface area (TPSA) is 66.5 Å². The SMILES string of the molecule is CN(c1ccccc1)S(=O)(=O)c1cccc(C(=O)N[C@H]2CCCc3ccccc32)c1. The molecule has 0 saturated heterocycles. The molecule has 1 atom stereocenters. The minimum atomic E-state index is -3.78. The fraction of sp³-hybridized carbons (Fsp3) is 0.208. The van der Waals surface area contributed by atoms with Crippen LogP contribution in [0.25, 0.3) is 0 Å². The van der Waals surface area contributed by atoms with Crippen molar-refractivity contribution in [1.29, 1.82) is 0 Å². The van der Waals surface area contributed by atoms with Crippen LogP contribution in [0.1, 0.15) is 40.4 Å². The predicted molar refractivity (Wildman–Crippen MR) is 118 cm³/mol. The van der Waals surface area contributed by atoms with Crippen LogP contribution in [0.2, 0.25) is 0 Å². The van der Waals surface area contributed by atoms with Gasteiger partial charge in [0.05, 0.1) is 16.6 Å². The average molecular weight is 421 g/mol. The van der Waals surface area contributed by atoms with E-state index in [1.165, 1.54) is 29.0 Å². The molecule has 0 aromatic heterocycles. The normalized spacial score (nSPS) is 15.8. The maximum atomic E-state index is 13.1. The monoisotopic (exact) mass is 420 g/mol. The number of para-hydroxylation sites is 1. The van der Waals surface area contributed by atoms with E-state index in [1.807, 2.05) is 18.2 Å². The summed E-state index contributed by atoms with van der Waals surface area (Å²) in [5, 5.41) is 3.08. The first-order chi connectivity index (χ1) is 14.5. The lowest BCUT2D eigenvalue weighted by atomic mass is 9.87. The number of amides is 1. The molecule has 1 N–H and O–H groups in total. The van der Waals surface area contributed by atoms with Crippen molar-refractivity contribution < 1.29 is 13.2 Å². The van der Waals surface area contributed by atoms with Gasteiger partial charge in [-0.25, -0.2) is 8.42 Å². The molecule has 154 valence electrons. The third-order valence-corrected chi connectivity index (χ3v) is 7.33. The number of nitrogens with one attached hydrogen (secondary N) is 1. The summed E-state index contributed by atoms with van der Waals surface area (Å²) in [4.78, 5) is 13.0. The highest BCUT2D eigenvalue weighted by Gasteiger charge is 2.24. The van der Waals surface area contributed by atoms with Gasteiger partial charge in [0.1, 0.15) is 0 Å². The van der Waals surface area contributed by atoms with E-state index in [9.17, 15) is 13.2 Å². The molecule has 0 radical (unpaired) electrons. The van der Waals surface area contributed by atoms with Gasteiger partial charge >= 0.3 is 0 Å². The van der Waals surface area contributed by atoms with Crippen molar-refractivity contribution in [3.05, 3.63) is 95.6 Å². The number of fused-ring (bicyclic) bond motifs is 1. The fourth-order valence-corrected chi connectivity index (χ4v) is 5.12. The number of aryl methyl sites for hydroxylation is 1. The summed E-state index contributed by atoms with van der Waals surface area (Å²) in [5.41, 5.74) is 3.30. The van der Waals surface area contributed by atoms with Crippen LogP contribution in [0.4, 0.5) is 5.69 Å². The summed E-state index contributed by atoms with van der Waals surface area (Å²) < 4.78 is 27.3. The Kier molecular flexibility index (Phi) is 5.59. The number of benzene rings is 3. The first-order valence-electron chi connectivity index (χ1n) is 9.99. The number of carbonyl (C=O) groups excluding carboxylic acids is 1. The van der Waals surface area contributed by atoms with E-state index >= 15 is 0 Å². The van der Waals surface area contributed by atoms with Crippen LogP contribution in [-0.4, -0.2) is 21.4 Å². The number of hydrogen-bond acceptors (Lipinski definition) is 3. The molecule has 3 aromatic rings. The maximum Gasteiger partial charge on any atom is 0.264 e. The van der Waals surface area contributed by atoms with E-state index in [0.29, 0.717) is 11.3 Å². The van der Waals surface area contributed by atoms with Crippen LogP contribution in [0.15, 0.2) is 83.8 Å². The van der Waals surface area contributed by atoms with Crippen molar-refractivity contribution in [3.8, 4) is 0 Å². The number of nitrogens with zero attached hydrogens (tertiary/aromatic N) is 1. The van der Waals surface area contributed by atoms with Gasteiger partial charge in [-0.05, 0) is 60.7 Å². The number of anilines is 1. The number of sulfonamides is 1. The lowest BCUT2D eigenvalue weighted by Gasteiger charge is -2.26. The van der Waals surface area contributed by atoms with E-state index in [0.717, 1.165) is 24.8 Å². The van der Waals surface area contributed by atoms with Crippen LogP contribution < -0.4 is 9.62 Å². The minimum Gasteiger partial charge on any atom is -0.345 e. The second-order valence-electron chi connectivity index (χ2n) is 7.45. The summed E-state index contributed by atoms with van der Waals surface area (Å²) >= 11 is 0. The smallest absolute Gasteiger partial charge is 0.264 e. The van der Waals surface area contributed by atoms with Gasteiger partial charge < -0.3 is 5.32 Å². The molecule has 5 nitrogen and oxygen atoms in total. The van der Waals surface area contributed by atoms with Gasteiger partial charge in [0.25, 0.3) is 15.9 Å². The largest absolute Gasteiger partial charge is 0.345 e. The highest BCUT2D eigenvalue weighted by molar-refractivity contribution is 7.92. The van der Waals surface area contributed by atoms with Crippen molar-refractivity contribution in [2.45, 2.75) is 30.2 Å². The molecule has 1 aliphatic rings. The summed E-state index contributed by atoms with van der Waals surface area (Å²) in [6, 6.07) is 23.2. The van der Waals surface area contributed by atoms with Crippen molar-refractivity contribution in [3.63, 3.8) is 0 Å². The van der Waals surface area contributed by atoms with E-state index in [-0.39, 0.29) is 16.8 Å². The maximum absolute atomic E-state index is 13.1. The standard InChI is InChI=1S/C24H24N2O3S/c1-26(20-12-3-2-4-13-20)30(28,29)21-14-7-11-19(17-21)24(27)25-23-16-8-10-18-9-5-6-15-22(18)23/h2-7,9,11-15,17,23H,8,10,16H2,1H3,(H,25,27)/t23-/m0/s1. The Bertz CT molecular complexity index is 1160. The Labute approximate surface area is 177 Å². The highest BCUT2D eigenvalue weighted by atomic mass is 32.2. The number of carbonyl (C=O) groups is 1. The molecule has 0 fully saturated rings. The Morgan fingerprint density at radius 3 is 2.50 bits per heavy atom. The van der Waals surface area contributed by atoms with Gasteiger partial charge in [-0.15, -0.1) is 0 Å². The zero-order valence-electron chi connectivity index (χ0n) is 16.8. The molecule has 1 aliphatic carbocycles. The van der Waals surface area contributed by atoms with Gasteiger partial charge in [-0.1, -0.05) is 48.5 Å². The summed E-state index contributed by atoms with van der Waals surface area (Å²) in [6.07, 6.45) is 2.90. The molecule has 1 amide bonds. The highest BCUT2D eigenvalue weighted by Crippen LogP contribution is 2.30. The van der Waals surface area contributed by atoms with Crippen molar-refractivity contribution >= 4 is 21.6 Å². The third-order valence-electron chi connectivity index (χ3n) is 5.55. The molecule has 0 saturated carbocycles. The van der Waals surface area contributed by atoms with Crippen molar-refractivity contribution in [2.75, 3.05) is 11.4 Å². The molecule has 6 heteroatoms. The van der Waals surface area contributed by atoms with E-state index in [2.05, 4.69) is 17.4 Å². The van der Waals surface area contributed by atoms with Crippen LogP contribution in [0, 0.1) is 0 Å². The minimum absolute atomic E-state index is 0.0605. The van der Waals surface area contributed by atoms with Gasteiger partial charge in [-0.2, -0.15) is 0 Å². The molecule has 0 spiro atoms. The molecule has 4 rings (SSSR count). The molecule has 30 heavy (non-hydrogen) atoms. The zero-order valence-corrected chi connectivity index (χ0v) is 17.6. The quantitative estimate of drug-likeness (QED) is 0.669. The van der Waals surface area contributed by atoms with Crippen molar-refractivity contribution in [2.24, 2.45) is 0 Å². The molecular weight excluding hydrogens is 396 g/mol. The molecule has 0 heterocycles. The van der Waals surface area contributed by atoms with E-state index in [4.69, 9.17) is 0 Å².